The number of carboxylic acids is 1. The molecule has 0 aliphatic rings. The lowest BCUT2D eigenvalue weighted by atomic mass is 10.9. The summed E-state index contributed by atoms with van der Waals surface area (Å²) < 4.78 is 0. The van der Waals surface area contributed by atoms with Crippen molar-refractivity contribution in [2.24, 2.45) is 0 Å². The summed E-state index contributed by atoms with van der Waals surface area (Å²) in [7, 11) is 0. The molecule has 64 valence electrons. The Morgan fingerprint density at radius 3 is 1.11 bits per heavy atom. The van der Waals surface area contributed by atoms with E-state index in [0.29, 0.717) is 0 Å². The maximum Gasteiger partial charge on any atom is 0.300 e. The van der Waals surface area contributed by atoms with Crippen molar-refractivity contribution in [3.63, 3.8) is 0 Å². The van der Waals surface area contributed by atoms with E-state index in [1.54, 1.807) is 0 Å². The first kappa shape index (κ1) is 84.8. The van der Waals surface area contributed by atoms with Gasteiger partial charge in [-0.15, -0.1) is 0 Å². The van der Waals surface area contributed by atoms with Crippen molar-refractivity contribution >= 4 is 5.97 Å². The first-order chi connectivity index (χ1) is 1.73. The minimum atomic E-state index is -0.833. The molecular formula is C2H15NO6. The summed E-state index contributed by atoms with van der Waals surface area (Å²) in [6.45, 7) is 1.08. The molecule has 7 heteroatoms. The highest BCUT2D eigenvalue weighted by atomic mass is 16.4. The molecule has 0 saturated heterocycles. The monoisotopic (exact) mass is 149 g/mol. The van der Waals surface area contributed by atoms with E-state index in [1.165, 1.54) is 0 Å². The lowest BCUT2D eigenvalue weighted by Crippen LogP contribution is -1.78. The smallest absolute Gasteiger partial charge is 0.300 e. The molecule has 0 atom stereocenters. The number of aliphatic carboxylic acids is 1. The fraction of sp³-hybridized carbons (Fsp3) is 0.500. The van der Waals surface area contributed by atoms with Crippen LogP contribution >= 0.6 is 0 Å². The molecule has 0 aliphatic heterocycles. The highest BCUT2D eigenvalue weighted by molar-refractivity contribution is 5.62. The van der Waals surface area contributed by atoms with Crippen LogP contribution in [0.4, 0.5) is 0 Å². The van der Waals surface area contributed by atoms with Crippen LogP contribution in [-0.2, 0) is 4.79 Å². The van der Waals surface area contributed by atoms with Crippen molar-refractivity contribution in [1.29, 1.82) is 0 Å². The van der Waals surface area contributed by atoms with E-state index in [0.717, 1.165) is 6.92 Å². The zero-order valence-corrected chi connectivity index (χ0v) is 5.06. The van der Waals surface area contributed by atoms with Crippen molar-refractivity contribution < 1.29 is 31.8 Å². The molecule has 0 aromatic carbocycles. The zero-order valence-electron chi connectivity index (χ0n) is 5.06. The molecule has 0 spiro atoms. The Kier molecular flexibility index (Phi) is 523. The summed E-state index contributed by atoms with van der Waals surface area (Å²) in [5.74, 6) is -0.833. The lowest BCUT2D eigenvalue weighted by molar-refractivity contribution is -0.134. The first-order valence-electron chi connectivity index (χ1n) is 0.928. The average Bonchev–Trinajstić information content (AvgIpc) is 0.811. The maximum atomic E-state index is 9.00. The van der Waals surface area contributed by atoms with E-state index in [9.17, 15) is 0 Å². The molecule has 0 aliphatic carbocycles. The van der Waals surface area contributed by atoms with Gasteiger partial charge < -0.3 is 33.2 Å². The molecule has 9 heavy (non-hydrogen) atoms. The van der Waals surface area contributed by atoms with Crippen LogP contribution in [0.15, 0.2) is 0 Å². The Morgan fingerprint density at radius 1 is 1.11 bits per heavy atom. The van der Waals surface area contributed by atoms with Crippen LogP contribution in [0.5, 0.6) is 0 Å². The van der Waals surface area contributed by atoms with Crippen molar-refractivity contribution in [3.05, 3.63) is 0 Å². The van der Waals surface area contributed by atoms with Gasteiger partial charge in [0.2, 0.25) is 0 Å². The summed E-state index contributed by atoms with van der Waals surface area (Å²) in [6, 6.07) is 0. The normalized spacial score (nSPS) is 2.78. The highest BCUT2D eigenvalue weighted by Gasteiger charge is 1.65. The Bertz CT molecular complexity index is 34.0. The van der Waals surface area contributed by atoms with E-state index < -0.39 is 5.97 Å². The van der Waals surface area contributed by atoms with Crippen molar-refractivity contribution in [1.82, 2.24) is 6.15 Å². The van der Waals surface area contributed by atoms with E-state index in [2.05, 4.69) is 0 Å². The third-order valence-corrected chi connectivity index (χ3v) is 0. The topological polar surface area (TPSA) is 198 Å². The van der Waals surface area contributed by atoms with Gasteiger partial charge in [0.25, 0.3) is 5.97 Å². The Labute approximate surface area is 52.1 Å². The standard InChI is InChI=1S/C2H4O2.H3N.4H2O/c1-2(3)4;;;;;/h1H3,(H,3,4);1H3;4*1H2. The van der Waals surface area contributed by atoms with Gasteiger partial charge in [0.1, 0.15) is 0 Å². The van der Waals surface area contributed by atoms with Gasteiger partial charge in [-0.3, -0.25) is 4.79 Å². The molecule has 0 aromatic heterocycles. The second kappa shape index (κ2) is 55.5. The lowest BCUT2D eigenvalue weighted by Gasteiger charge is -1.59. The van der Waals surface area contributed by atoms with Gasteiger partial charge in [-0.1, -0.05) is 0 Å². The Balaban J connectivity index is -0.00000000450. The largest absolute Gasteiger partial charge is 0.481 e. The second-order valence-electron chi connectivity index (χ2n) is 0.519. The zero-order chi connectivity index (χ0) is 3.58. The maximum absolute atomic E-state index is 9.00. The molecular weight excluding hydrogens is 134 g/mol. The van der Waals surface area contributed by atoms with Crippen LogP contribution in [0.2, 0.25) is 0 Å². The molecule has 12 N–H and O–H groups in total. The van der Waals surface area contributed by atoms with E-state index in [1.807, 2.05) is 0 Å². The summed E-state index contributed by atoms with van der Waals surface area (Å²) >= 11 is 0. The van der Waals surface area contributed by atoms with Gasteiger partial charge in [0.05, 0.1) is 0 Å². The molecule has 0 bridgehead atoms. The third kappa shape index (κ3) is 379. The number of hydrogen-bond donors (Lipinski definition) is 2. The van der Waals surface area contributed by atoms with Gasteiger partial charge in [-0.05, 0) is 0 Å². The Hall–Kier alpha value is -0.730. The molecule has 0 amide bonds. The molecule has 7 nitrogen and oxygen atoms in total. The van der Waals surface area contributed by atoms with Gasteiger partial charge in [0, 0.05) is 6.92 Å². The average molecular weight is 149 g/mol. The summed E-state index contributed by atoms with van der Waals surface area (Å²) in [6.07, 6.45) is 0. The predicted octanol–water partition coefficient (Wildman–Crippen LogP) is -3.05. The quantitative estimate of drug-likeness (QED) is 0.369. The SMILES string of the molecule is CC(=O)O.N.O.O.O.O. The van der Waals surface area contributed by atoms with Crippen LogP contribution in [0.3, 0.4) is 0 Å². The van der Waals surface area contributed by atoms with Crippen LogP contribution in [0, 0.1) is 0 Å². The van der Waals surface area contributed by atoms with E-state index in [4.69, 9.17) is 9.90 Å². The predicted molar refractivity (Wildman–Crippen MR) is 32.8 cm³/mol. The Morgan fingerprint density at radius 2 is 1.11 bits per heavy atom. The summed E-state index contributed by atoms with van der Waals surface area (Å²) in [5.41, 5.74) is 0. The van der Waals surface area contributed by atoms with Crippen LogP contribution in [0.25, 0.3) is 0 Å². The number of carboxylic acid groups (broad SMARTS) is 1. The van der Waals surface area contributed by atoms with Gasteiger partial charge in [-0.2, -0.15) is 0 Å². The second-order valence-corrected chi connectivity index (χ2v) is 0.519. The highest BCUT2D eigenvalue weighted by Crippen LogP contribution is 1.42. The van der Waals surface area contributed by atoms with E-state index in [-0.39, 0.29) is 28.1 Å². The third-order valence-electron chi connectivity index (χ3n) is 0. The van der Waals surface area contributed by atoms with E-state index >= 15 is 0 Å². The van der Waals surface area contributed by atoms with Crippen molar-refractivity contribution in [2.45, 2.75) is 6.92 Å². The minimum absolute atomic E-state index is 0. The van der Waals surface area contributed by atoms with Crippen LogP contribution < -0.4 is 6.15 Å². The summed E-state index contributed by atoms with van der Waals surface area (Å²) in [5, 5.41) is 7.42. The molecule has 0 radical (unpaired) electrons. The summed E-state index contributed by atoms with van der Waals surface area (Å²) in [4.78, 5) is 9.00. The molecule has 0 fully saturated rings. The van der Waals surface area contributed by atoms with Crippen molar-refractivity contribution in [2.75, 3.05) is 0 Å². The fourth-order valence-electron chi connectivity index (χ4n) is 0. The van der Waals surface area contributed by atoms with Crippen molar-refractivity contribution in [3.8, 4) is 0 Å². The molecule has 0 aromatic rings. The number of carbonyl (C=O) groups is 1. The number of hydrogen-bond acceptors (Lipinski definition) is 2. The number of rotatable bonds is 0. The van der Waals surface area contributed by atoms with Gasteiger partial charge in [0.15, 0.2) is 0 Å². The van der Waals surface area contributed by atoms with Gasteiger partial charge in [-0.25, -0.2) is 0 Å². The van der Waals surface area contributed by atoms with Gasteiger partial charge >= 0.3 is 0 Å². The molecule has 0 saturated carbocycles. The minimum Gasteiger partial charge on any atom is -0.481 e. The molecule has 0 rings (SSSR count). The first-order valence-corrected chi connectivity index (χ1v) is 0.928. The fourth-order valence-corrected chi connectivity index (χ4v) is 0. The molecule has 0 unspecified atom stereocenters. The van der Waals surface area contributed by atoms with Crippen LogP contribution in [0.1, 0.15) is 6.92 Å². The molecule has 0 heterocycles. The van der Waals surface area contributed by atoms with Crippen LogP contribution in [-0.4, -0.2) is 33.0 Å².